The first-order valence-corrected chi connectivity index (χ1v) is 7.70. The van der Waals surface area contributed by atoms with Crippen LogP contribution in [0.5, 0.6) is 0 Å². The summed E-state index contributed by atoms with van der Waals surface area (Å²) >= 11 is 5.48. The molecule has 0 aromatic carbocycles. The van der Waals surface area contributed by atoms with E-state index < -0.39 is 0 Å². The zero-order valence-electron chi connectivity index (χ0n) is 9.29. The van der Waals surface area contributed by atoms with E-state index in [4.69, 9.17) is 0 Å². The molecule has 2 aliphatic rings. The topological polar surface area (TPSA) is 15.3 Å². The average molecular weight is 301 g/mol. The predicted octanol–water partition coefficient (Wildman–Crippen LogP) is 2.87. The van der Waals surface area contributed by atoms with Crippen LogP contribution in [-0.4, -0.2) is 31.1 Å². The zero-order valence-corrected chi connectivity index (χ0v) is 11.7. The summed E-state index contributed by atoms with van der Waals surface area (Å²) in [7, 11) is 0. The van der Waals surface area contributed by atoms with E-state index >= 15 is 0 Å². The Balaban J connectivity index is 1.79. The molecule has 1 saturated carbocycles. The second-order valence-electron chi connectivity index (χ2n) is 4.74. The summed E-state index contributed by atoms with van der Waals surface area (Å²) in [6, 6.07) is 3.01. The quantitative estimate of drug-likeness (QED) is 0.923. The van der Waals surface area contributed by atoms with Gasteiger partial charge in [0.2, 0.25) is 0 Å². The highest BCUT2D eigenvalue weighted by molar-refractivity contribution is 9.10. The van der Waals surface area contributed by atoms with E-state index in [2.05, 4.69) is 37.6 Å². The van der Waals surface area contributed by atoms with Gasteiger partial charge in [0.1, 0.15) is 0 Å². The van der Waals surface area contributed by atoms with Crippen molar-refractivity contribution in [3.05, 3.63) is 20.8 Å². The lowest BCUT2D eigenvalue weighted by molar-refractivity contribution is 0.158. The predicted molar refractivity (Wildman–Crippen MR) is 71.9 cm³/mol. The Morgan fingerprint density at radius 3 is 2.69 bits per heavy atom. The fourth-order valence-corrected chi connectivity index (χ4v) is 4.24. The molecule has 1 aromatic heterocycles. The molecule has 2 nitrogen and oxygen atoms in total. The van der Waals surface area contributed by atoms with Gasteiger partial charge >= 0.3 is 0 Å². The maximum absolute atomic E-state index is 3.57. The maximum atomic E-state index is 3.57. The number of halogens is 1. The Kier molecular flexibility index (Phi) is 3.34. The van der Waals surface area contributed by atoms with Crippen molar-refractivity contribution >= 4 is 27.3 Å². The van der Waals surface area contributed by atoms with Crippen molar-refractivity contribution in [2.24, 2.45) is 5.92 Å². The number of piperazine rings is 1. The minimum Gasteiger partial charge on any atom is -0.314 e. The highest BCUT2D eigenvalue weighted by Gasteiger charge is 2.37. The van der Waals surface area contributed by atoms with Crippen LogP contribution in [0.25, 0.3) is 0 Å². The summed E-state index contributed by atoms with van der Waals surface area (Å²) < 4.78 is 1.24. The largest absolute Gasteiger partial charge is 0.314 e. The fraction of sp³-hybridized carbons (Fsp3) is 0.667. The Labute approximate surface area is 109 Å². The Morgan fingerprint density at radius 2 is 2.12 bits per heavy atom. The van der Waals surface area contributed by atoms with Gasteiger partial charge in [0.25, 0.3) is 0 Å². The molecule has 88 valence electrons. The molecule has 4 heteroatoms. The number of hydrogen-bond acceptors (Lipinski definition) is 3. The molecule has 0 unspecified atom stereocenters. The third kappa shape index (κ3) is 2.35. The molecule has 3 rings (SSSR count). The molecule has 2 fully saturated rings. The minimum atomic E-state index is 0.693. The van der Waals surface area contributed by atoms with E-state index in [1.165, 1.54) is 30.4 Å². The average Bonchev–Trinajstić information content (AvgIpc) is 3.04. The van der Waals surface area contributed by atoms with Crippen molar-refractivity contribution in [2.45, 2.75) is 18.9 Å². The summed E-state index contributed by atoms with van der Waals surface area (Å²) in [5.74, 6) is 0.920. The second kappa shape index (κ2) is 4.77. The lowest BCUT2D eigenvalue weighted by atomic mass is 10.1. The lowest BCUT2D eigenvalue weighted by Crippen LogP contribution is -2.45. The molecule has 0 spiro atoms. The van der Waals surface area contributed by atoms with E-state index in [0.29, 0.717) is 6.04 Å². The first-order valence-electron chi connectivity index (χ1n) is 6.03. The summed E-state index contributed by atoms with van der Waals surface area (Å²) in [6.45, 7) is 4.71. The van der Waals surface area contributed by atoms with Crippen molar-refractivity contribution in [1.82, 2.24) is 10.2 Å². The normalized spacial score (nSPS) is 24.6. The van der Waals surface area contributed by atoms with Crippen LogP contribution in [0.3, 0.4) is 0 Å². The van der Waals surface area contributed by atoms with Crippen molar-refractivity contribution in [2.75, 3.05) is 26.2 Å². The number of nitrogens with zero attached hydrogens (tertiary/aromatic N) is 1. The molecule has 1 aliphatic heterocycles. The molecule has 1 aliphatic carbocycles. The third-order valence-corrected chi connectivity index (χ3v) is 5.26. The maximum Gasteiger partial charge on any atom is 0.0471 e. The molecule has 1 aromatic rings. The summed E-state index contributed by atoms with van der Waals surface area (Å²) in [5, 5.41) is 5.65. The second-order valence-corrected chi connectivity index (χ2v) is 6.59. The highest BCUT2D eigenvalue weighted by atomic mass is 79.9. The van der Waals surface area contributed by atoms with Crippen LogP contribution in [0.2, 0.25) is 0 Å². The highest BCUT2D eigenvalue weighted by Crippen LogP contribution is 2.46. The van der Waals surface area contributed by atoms with Gasteiger partial charge in [-0.3, -0.25) is 4.90 Å². The molecule has 0 bridgehead atoms. The third-order valence-electron chi connectivity index (χ3n) is 3.49. The van der Waals surface area contributed by atoms with Gasteiger partial charge in [-0.05, 0) is 40.8 Å². The Morgan fingerprint density at radius 1 is 1.38 bits per heavy atom. The van der Waals surface area contributed by atoms with Crippen molar-refractivity contribution in [1.29, 1.82) is 0 Å². The molecule has 1 atom stereocenters. The molecular formula is C12H17BrN2S. The van der Waals surface area contributed by atoms with E-state index in [9.17, 15) is 0 Å². The SMILES string of the molecule is Brc1csc([C@@H](C2CC2)N2CCNCC2)c1. The number of nitrogens with one attached hydrogen (secondary N) is 1. The molecule has 16 heavy (non-hydrogen) atoms. The number of hydrogen-bond donors (Lipinski definition) is 1. The molecular weight excluding hydrogens is 284 g/mol. The van der Waals surface area contributed by atoms with E-state index in [-0.39, 0.29) is 0 Å². The molecule has 1 saturated heterocycles. The van der Waals surface area contributed by atoms with Crippen LogP contribution >= 0.6 is 27.3 Å². The number of rotatable bonds is 3. The van der Waals surface area contributed by atoms with E-state index in [1.54, 1.807) is 4.88 Å². The summed E-state index contributed by atoms with van der Waals surface area (Å²) in [4.78, 5) is 4.23. The van der Waals surface area contributed by atoms with Gasteiger partial charge in [0.15, 0.2) is 0 Å². The van der Waals surface area contributed by atoms with Gasteiger partial charge in [-0.2, -0.15) is 0 Å². The van der Waals surface area contributed by atoms with Gasteiger partial charge in [-0.25, -0.2) is 0 Å². The van der Waals surface area contributed by atoms with Crippen LogP contribution in [0.4, 0.5) is 0 Å². The smallest absolute Gasteiger partial charge is 0.0471 e. The van der Waals surface area contributed by atoms with Crippen LogP contribution < -0.4 is 5.32 Å². The Hall–Kier alpha value is 0.1000. The first-order chi connectivity index (χ1) is 7.84. The van der Waals surface area contributed by atoms with Crippen LogP contribution in [-0.2, 0) is 0 Å². The van der Waals surface area contributed by atoms with Crippen LogP contribution in [0.1, 0.15) is 23.8 Å². The van der Waals surface area contributed by atoms with Gasteiger partial charge in [-0.1, -0.05) is 0 Å². The molecule has 1 N–H and O–H groups in total. The molecule has 2 heterocycles. The van der Waals surface area contributed by atoms with Gasteiger partial charge in [-0.15, -0.1) is 11.3 Å². The first kappa shape index (κ1) is 11.2. The summed E-state index contributed by atoms with van der Waals surface area (Å²) in [6.07, 6.45) is 2.84. The Bertz CT molecular complexity index is 356. The monoisotopic (exact) mass is 300 g/mol. The molecule has 0 radical (unpaired) electrons. The van der Waals surface area contributed by atoms with Crippen molar-refractivity contribution in [3.63, 3.8) is 0 Å². The van der Waals surface area contributed by atoms with Crippen LogP contribution in [0, 0.1) is 5.92 Å². The zero-order chi connectivity index (χ0) is 11.0. The van der Waals surface area contributed by atoms with E-state index in [1.807, 2.05) is 11.3 Å². The van der Waals surface area contributed by atoms with Crippen molar-refractivity contribution < 1.29 is 0 Å². The standard InChI is InChI=1S/C12H17BrN2S/c13-10-7-11(16-8-10)12(9-1-2-9)15-5-3-14-4-6-15/h7-9,12,14H,1-6H2/t12-/m1/s1. The summed E-state index contributed by atoms with van der Waals surface area (Å²) in [5.41, 5.74) is 0. The van der Waals surface area contributed by atoms with Gasteiger partial charge < -0.3 is 5.32 Å². The van der Waals surface area contributed by atoms with Gasteiger partial charge in [0, 0.05) is 47.0 Å². The lowest BCUT2D eigenvalue weighted by Gasteiger charge is -2.34. The van der Waals surface area contributed by atoms with E-state index in [0.717, 1.165) is 19.0 Å². The fourth-order valence-electron chi connectivity index (χ4n) is 2.57. The number of thiophene rings is 1. The van der Waals surface area contributed by atoms with Crippen LogP contribution in [0.15, 0.2) is 15.9 Å². The molecule has 0 amide bonds. The minimum absolute atomic E-state index is 0.693. The van der Waals surface area contributed by atoms with Gasteiger partial charge in [0.05, 0.1) is 0 Å². The van der Waals surface area contributed by atoms with Crippen molar-refractivity contribution in [3.8, 4) is 0 Å².